The van der Waals surface area contributed by atoms with Gasteiger partial charge in [0.1, 0.15) is 11.6 Å². The normalized spacial score (nSPS) is 18.3. The number of anilines is 2. The van der Waals surface area contributed by atoms with Crippen molar-refractivity contribution in [3.8, 4) is 0 Å². The van der Waals surface area contributed by atoms with Crippen molar-refractivity contribution >= 4 is 35.2 Å². The van der Waals surface area contributed by atoms with E-state index in [1.165, 1.54) is 4.90 Å². The number of hydrogen-bond acceptors (Lipinski definition) is 5. The largest absolute Gasteiger partial charge is 0.444 e. The van der Waals surface area contributed by atoms with Gasteiger partial charge in [0.25, 0.3) is 0 Å². The van der Waals surface area contributed by atoms with Crippen LogP contribution in [-0.2, 0) is 19.1 Å². The van der Waals surface area contributed by atoms with E-state index in [0.29, 0.717) is 30.8 Å². The first-order valence-electron chi connectivity index (χ1n) is 10.6. The maximum atomic E-state index is 12.5. The average Bonchev–Trinajstić information content (AvgIpc) is 3.41. The summed E-state index contributed by atoms with van der Waals surface area (Å²) in [6, 6.07) is 6.20. The number of carbonyl (C=O) groups excluding carboxylic acids is 4. The van der Waals surface area contributed by atoms with Crippen LogP contribution in [0, 0.1) is 5.92 Å². The highest BCUT2D eigenvalue weighted by Gasteiger charge is 2.36. The van der Waals surface area contributed by atoms with Gasteiger partial charge in [-0.1, -0.05) is 6.07 Å². The fraction of sp³-hybridized carbons (Fsp3) is 0.545. The summed E-state index contributed by atoms with van der Waals surface area (Å²) < 4.78 is 5.36. The topological polar surface area (TPSA) is 117 Å². The molecule has 0 bridgehead atoms. The van der Waals surface area contributed by atoms with Gasteiger partial charge < -0.3 is 20.7 Å². The lowest BCUT2D eigenvalue weighted by molar-refractivity contribution is -0.127. The third-order valence-corrected chi connectivity index (χ3v) is 4.97. The van der Waals surface area contributed by atoms with Crippen molar-refractivity contribution in [2.24, 2.45) is 5.92 Å². The van der Waals surface area contributed by atoms with Gasteiger partial charge in [-0.15, -0.1) is 0 Å². The number of benzene rings is 1. The fourth-order valence-corrected chi connectivity index (χ4v) is 3.33. The Morgan fingerprint density at radius 1 is 1.03 bits per heavy atom. The maximum Gasteiger partial charge on any atom is 0.410 e. The molecule has 9 heteroatoms. The molecule has 0 aromatic heterocycles. The van der Waals surface area contributed by atoms with E-state index in [2.05, 4.69) is 16.0 Å². The third kappa shape index (κ3) is 6.70. The van der Waals surface area contributed by atoms with Gasteiger partial charge in [-0.3, -0.25) is 19.3 Å². The standard InChI is InChI=1S/C22H30N4O5/c1-22(2,3)31-21(30)26-11-5-8-17(26)20(29)23-13-18(27)24-15-6-4-7-16(12-15)25-19(28)14-9-10-14/h4,6-7,12,14,17H,5,8-11,13H2,1-3H3,(H,23,29)(H,24,27)(H,25,28). The van der Waals surface area contributed by atoms with E-state index in [1.807, 2.05) is 0 Å². The molecule has 168 valence electrons. The molecule has 1 saturated carbocycles. The molecule has 3 rings (SSSR count). The molecule has 4 amide bonds. The number of hydrogen-bond donors (Lipinski definition) is 3. The first-order chi connectivity index (χ1) is 14.6. The molecule has 1 heterocycles. The van der Waals surface area contributed by atoms with E-state index in [9.17, 15) is 19.2 Å². The number of likely N-dealkylation sites (tertiary alicyclic amines) is 1. The van der Waals surface area contributed by atoms with Gasteiger partial charge in [-0.05, 0) is 64.7 Å². The lowest BCUT2D eigenvalue weighted by Crippen LogP contribution is -2.48. The molecular weight excluding hydrogens is 400 g/mol. The Morgan fingerprint density at radius 3 is 2.35 bits per heavy atom. The second-order valence-electron chi connectivity index (χ2n) is 8.94. The molecule has 1 atom stereocenters. The highest BCUT2D eigenvalue weighted by molar-refractivity contribution is 5.97. The van der Waals surface area contributed by atoms with E-state index in [1.54, 1.807) is 45.0 Å². The quantitative estimate of drug-likeness (QED) is 0.641. The van der Waals surface area contributed by atoms with E-state index in [0.717, 1.165) is 12.8 Å². The minimum Gasteiger partial charge on any atom is -0.444 e. The van der Waals surface area contributed by atoms with E-state index < -0.39 is 23.6 Å². The molecule has 0 spiro atoms. The highest BCUT2D eigenvalue weighted by Crippen LogP contribution is 2.30. The summed E-state index contributed by atoms with van der Waals surface area (Å²) in [7, 11) is 0. The number of nitrogens with one attached hydrogen (secondary N) is 3. The average molecular weight is 431 g/mol. The van der Waals surface area contributed by atoms with E-state index in [-0.39, 0.29) is 24.3 Å². The van der Waals surface area contributed by atoms with Crippen molar-refractivity contribution < 1.29 is 23.9 Å². The zero-order valence-corrected chi connectivity index (χ0v) is 18.2. The van der Waals surface area contributed by atoms with E-state index >= 15 is 0 Å². The molecule has 31 heavy (non-hydrogen) atoms. The van der Waals surface area contributed by atoms with Gasteiger partial charge in [0.05, 0.1) is 6.54 Å². The van der Waals surface area contributed by atoms with Crippen LogP contribution in [0.25, 0.3) is 0 Å². The van der Waals surface area contributed by atoms with Crippen LogP contribution < -0.4 is 16.0 Å². The summed E-state index contributed by atoms with van der Waals surface area (Å²) >= 11 is 0. The molecule has 1 aliphatic heterocycles. The molecule has 1 unspecified atom stereocenters. The number of ether oxygens (including phenoxy) is 1. The van der Waals surface area contributed by atoms with Crippen molar-refractivity contribution in [3.63, 3.8) is 0 Å². The molecular formula is C22H30N4O5. The maximum absolute atomic E-state index is 12.5. The molecule has 1 aliphatic carbocycles. The SMILES string of the molecule is CC(C)(C)OC(=O)N1CCCC1C(=O)NCC(=O)Nc1cccc(NC(=O)C2CC2)c1. The van der Waals surface area contributed by atoms with Crippen molar-refractivity contribution in [2.45, 2.75) is 58.1 Å². The van der Waals surface area contributed by atoms with Crippen LogP contribution in [0.4, 0.5) is 16.2 Å². The molecule has 2 fully saturated rings. The lowest BCUT2D eigenvalue weighted by atomic mass is 10.2. The van der Waals surface area contributed by atoms with Gasteiger partial charge in [-0.25, -0.2) is 4.79 Å². The van der Waals surface area contributed by atoms with Crippen LogP contribution in [0.15, 0.2) is 24.3 Å². The predicted molar refractivity (Wildman–Crippen MR) is 115 cm³/mol. The third-order valence-electron chi connectivity index (χ3n) is 4.97. The number of nitrogens with zero attached hydrogens (tertiary/aromatic N) is 1. The fourth-order valence-electron chi connectivity index (χ4n) is 3.33. The number of amides is 4. The molecule has 9 nitrogen and oxygen atoms in total. The smallest absolute Gasteiger partial charge is 0.410 e. The molecule has 0 radical (unpaired) electrons. The number of carbonyl (C=O) groups is 4. The van der Waals surface area contributed by atoms with Crippen molar-refractivity contribution in [1.29, 1.82) is 0 Å². The Bertz CT molecular complexity index is 860. The van der Waals surface area contributed by atoms with Crippen LogP contribution >= 0.6 is 0 Å². The second kappa shape index (κ2) is 9.36. The highest BCUT2D eigenvalue weighted by atomic mass is 16.6. The summed E-state index contributed by atoms with van der Waals surface area (Å²) in [5, 5.41) is 8.12. The Balaban J connectivity index is 1.48. The van der Waals surface area contributed by atoms with Crippen LogP contribution in [-0.4, -0.2) is 53.4 Å². The zero-order valence-electron chi connectivity index (χ0n) is 18.2. The molecule has 1 aromatic carbocycles. The summed E-state index contributed by atoms with van der Waals surface area (Å²) in [6.45, 7) is 5.53. The first kappa shape index (κ1) is 22.6. The van der Waals surface area contributed by atoms with Crippen LogP contribution in [0.3, 0.4) is 0 Å². The Labute approximate surface area is 181 Å². The second-order valence-corrected chi connectivity index (χ2v) is 8.94. The van der Waals surface area contributed by atoms with Crippen LogP contribution in [0.1, 0.15) is 46.5 Å². The van der Waals surface area contributed by atoms with E-state index in [4.69, 9.17) is 4.74 Å². The van der Waals surface area contributed by atoms with Gasteiger partial charge >= 0.3 is 6.09 Å². The first-order valence-corrected chi connectivity index (χ1v) is 10.6. The minimum atomic E-state index is -0.649. The lowest BCUT2D eigenvalue weighted by Gasteiger charge is -2.28. The molecule has 1 aromatic rings. The Morgan fingerprint density at radius 2 is 1.71 bits per heavy atom. The predicted octanol–water partition coefficient (Wildman–Crippen LogP) is 2.49. The summed E-state index contributed by atoms with van der Waals surface area (Å²) in [5.41, 5.74) is 0.481. The summed E-state index contributed by atoms with van der Waals surface area (Å²) in [5.74, 6) is -0.712. The van der Waals surface area contributed by atoms with Crippen LogP contribution in [0.5, 0.6) is 0 Å². The minimum absolute atomic E-state index is 0.0122. The zero-order chi connectivity index (χ0) is 22.6. The molecule has 1 saturated heterocycles. The van der Waals surface area contributed by atoms with Crippen molar-refractivity contribution in [3.05, 3.63) is 24.3 Å². The van der Waals surface area contributed by atoms with Gasteiger partial charge in [0, 0.05) is 23.8 Å². The molecule has 3 N–H and O–H groups in total. The van der Waals surface area contributed by atoms with Gasteiger partial charge in [0.15, 0.2) is 0 Å². The number of rotatable bonds is 6. The Kier molecular flexibility index (Phi) is 6.82. The monoisotopic (exact) mass is 430 g/mol. The summed E-state index contributed by atoms with van der Waals surface area (Å²) in [4.78, 5) is 50.4. The molecule has 2 aliphatic rings. The van der Waals surface area contributed by atoms with Crippen LogP contribution in [0.2, 0.25) is 0 Å². The Hall–Kier alpha value is -3.10. The summed E-state index contributed by atoms with van der Waals surface area (Å²) in [6.07, 6.45) is 2.51. The van der Waals surface area contributed by atoms with Gasteiger partial charge in [0.2, 0.25) is 17.7 Å². The van der Waals surface area contributed by atoms with Gasteiger partial charge in [-0.2, -0.15) is 0 Å². The van der Waals surface area contributed by atoms with Crippen molar-refractivity contribution in [1.82, 2.24) is 10.2 Å². The van der Waals surface area contributed by atoms with Crippen molar-refractivity contribution in [2.75, 3.05) is 23.7 Å².